The summed E-state index contributed by atoms with van der Waals surface area (Å²) < 4.78 is 0. The van der Waals surface area contributed by atoms with E-state index in [2.05, 4.69) is 32.6 Å². The fourth-order valence-corrected chi connectivity index (χ4v) is 2.73. The summed E-state index contributed by atoms with van der Waals surface area (Å²) in [5, 5.41) is 9.15. The first-order chi connectivity index (χ1) is 7.76. The van der Waals surface area contributed by atoms with Crippen molar-refractivity contribution in [1.29, 1.82) is 0 Å². The van der Waals surface area contributed by atoms with Crippen LogP contribution in [0.15, 0.2) is 0 Å². The quantitative estimate of drug-likeness (QED) is 0.770. The van der Waals surface area contributed by atoms with Gasteiger partial charge in [0, 0.05) is 18.6 Å². The molecule has 0 heterocycles. The van der Waals surface area contributed by atoms with E-state index in [1.165, 1.54) is 0 Å². The first-order valence-electron chi connectivity index (χ1n) is 6.54. The fourth-order valence-electron chi connectivity index (χ4n) is 2.73. The maximum Gasteiger partial charge on any atom is 0.323 e. The summed E-state index contributed by atoms with van der Waals surface area (Å²) in [5.41, 5.74) is 4.93. The molecule has 0 radical (unpaired) electrons. The van der Waals surface area contributed by atoms with Crippen LogP contribution in [0.5, 0.6) is 0 Å². The lowest BCUT2D eigenvalue weighted by molar-refractivity contribution is -0.143. The highest BCUT2D eigenvalue weighted by molar-refractivity contribution is 5.79. The lowest BCUT2D eigenvalue weighted by atomic mass is 9.98. The standard InChI is InChI=1S/C13H26N2O2/c1-9(2)8-15(10(3)4)11-5-6-13(14,7-11)12(16)17/h9-11H,5-8,14H2,1-4H3,(H,16,17). The number of carboxylic acids is 1. The van der Waals surface area contributed by atoms with Crippen LogP contribution in [0.25, 0.3) is 0 Å². The van der Waals surface area contributed by atoms with E-state index in [4.69, 9.17) is 10.8 Å². The Bertz CT molecular complexity index is 279. The summed E-state index contributed by atoms with van der Waals surface area (Å²) in [6, 6.07) is 0.761. The second-order valence-electron chi connectivity index (χ2n) is 6.04. The van der Waals surface area contributed by atoms with E-state index >= 15 is 0 Å². The zero-order chi connectivity index (χ0) is 13.2. The van der Waals surface area contributed by atoms with Gasteiger partial charge in [-0.15, -0.1) is 0 Å². The number of nitrogens with two attached hydrogens (primary N) is 1. The molecule has 0 aliphatic heterocycles. The maximum absolute atomic E-state index is 11.1. The molecule has 1 aliphatic rings. The summed E-state index contributed by atoms with van der Waals surface area (Å²) >= 11 is 0. The summed E-state index contributed by atoms with van der Waals surface area (Å²) in [5.74, 6) is -0.261. The number of hydrogen-bond donors (Lipinski definition) is 2. The largest absolute Gasteiger partial charge is 0.480 e. The SMILES string of the molecule is CC(C)CN(C(C)C)C1CCC(N)(C(=O)O)C1. The molecule has 1 fully saturated rings. The van der Waals surface area contributed by atoms with Crippen LogP contribution in [0.2, 0.25) is 0 Å². The van der Waals surface area contributed by atoms with Gasteiger partial charge < -0.3 is 10.8 Å². The van der Waals surface area contributed by atoms with Gasteiger partial charge in [0.2, 0.25) is 0 Å². The lowest BCUT2D eigenvalue weighted by Crippen LogP contribution is -2.48. The van der Waals surface area contributed by atoms with Crippen LogP contribution < -0.4 is 5.73 Å². The molecule has 0 bridgehead atoms. The topological polar surface area (TPSA) is 66.6 Å². The van der Waals surface area contributed by atoms with Crippen LogP contribution in [-0.2, 0) is 4.79 Å². The lowest BCUT2D eigenvalue weighted by Gasteiger charge is -2.34. The first-order valence-corrected chi connectivity index (χ1v) is 6.54. The van der Waals surface area contributed by atoms with Gasteiger partial charge in [0.05, 0.1) is 0 Å². The molecule has 4 heteroatoms. The molecular formula is C13H26N2O2. The van der Waals surface area contributed by atoms with Crippen LogP contribution in [0.3, 0.4) is 0 Å². The van der Waals surface area contributed by atoms with Crippen molar-refractivity contribution in [1.82, 2.24) is 4.90 Å². The van der Waals surface area contributed by atoms with E-state index in [-0.39, 0.29) is 0 Å². The molecule has 1 saturated carbocycles. The minimum absolute atomic E-state index is 0.318. The molecule has 0 aromatic rings. The predicted octanol–water partition coefficient (Wildman–Crippen LogP) is 1.69. The third kappa shape index (κ3) is 3.42. The van der Waals surface area contributed by atoms with Crippen molar-refractivity contribution in [2.45, 2.75) is 64.6 Å². The molecule has 17 heavy (non-hydrogen) atoms. The number of carbonyl (C=O) groups is 1. The van der Waals surface area contributed by atoms with Crippen molar-refractivity contribution in [2.75, 3.05) is 6.54 Å². The highest BCUT2D eigenvalue weighted by Crippen LogP contribution is 2.32. The third-order valence-corrected chi connectivity index (χ3v) is 3.66. The molecule has 0 amide bonds. The zero-order valence-electron chi connectivity index (χ0n) is 11.4. The van der Waals surface area contributed by atoms with Gasteiger partial charge in [0.25, 0.3) is 0 Å². The average Bonchev–Trinajstić information content (AvgIpc) is 2.58. The van der Waals surface area contributed by atoms with Gasteiger partial charge in [-0.05, 0) is 39.0 Å². The highest BCUT2D eigenvalue weighted by atomic mass is 16.4. The summed E-state index contributed by atoms with van der Waals surface area (Å²) in [6.07, 6.45) is 2.06. The van der Waals surface area contributed by atoms with Crippen molar-refractivity contribution in [3.05, 3.63) is 0 Å². The van der Waals surface area contributed by atoms with Gasteiger partial charge >= 0.3 is 5.97 Å². The minimum Gasteiger partial charge on any atom is -0.480 e. The number of nitrogens with zero attached hydrogens (tertiary/aromatic N) is 1. The number of aliphatic carboxylic acids is 1. The molecule has 1 aliphatic carbocycles. The normalized spacial score (nSPS) is 29.5. The van der Waals surface area contributed by atoms with Crippen LogP contribution in [0.4, 0.5) is 0 Å². The first kappa shape index (κ1) is 14.5. The molecule has 4 nitrogen and oxygen atoms in total. The Kier molecular flexibility index (Phi) is 4.55. The van der Waals surface area contributed by atoms with Gasteiger partial charge in [0.1, 0.15) is 5.54 Å². The Morgan fingerprint density at radius 2 is 2.06 bits per heavy atom. The highest BCUT2D eigenvalue weighted by Gasteiger charge is 2.44. The monoisotopic (exact) mass is 242 g/mol. The van der Waals surface area contributed by atoms with Gasteiger partial charge in [0.15, 0.2) is 0 Å². The van der Waals surface area contributed by atoms with E-state index in [9.17, 15) is 4.79 Å². The smallest absolute Gasteiger partial charge is 0.323 e. The van der Waals surface area contributed by atoms with Crippen molar-refractivity contribution >= 4 is 5.97 Å². The van der Waals surface area contributed by atoms with E-state index < -0.39 is 11.5 Å². The van der Waals surface area contributed by atoms with Gasteiger partial charge in [-0.3, -0.25) is 9.69 Å². The molecule has 0 aromatic heterocycles. The predicted molar refractivity (Wildman–Crippen MR) is 68.9 cm³/mol. The third-order valence-electron chi connectivity index (χ3n) is 3.66. The van der Waals surface area contributed by atoms with Crippen LogP contribution in [-0.4, -0.2) is 40.1 Å². The molecule has 1 rings (SSSR count). The Balaban J connectivity index is 2.69. The summed E-state index contributed by atoms with van der Waals surface area (Å²) in [4.78, 5) is 13.5. The summed E-state index contributed by atoms with van der Waals surface area (Å²) in [7, 11) is 0. The van der Waals surface area contributed by atoms with Crippen molar-refractivity contribution in [2.24, 2.45) is 11.7 Å². The minimum atomic E-state index is -1.01. The molecule has 100 valence electrons. The van der Waals surface area contributed by atoms with Gasteiger partial charge in [-0.2, -0.15) is 0 Å². The Hall–Kier alpha value is -0.610. The molecule has 2 unspecified atom stereocenters. The number of hydrogen-bond acceptors (Lipinski definition) is 3. The Labute approximate surface area is 104 Å². The van der Waals surface area contributed by atoms with E-state index in [0.29, 0.717) is 30.8 Å². The van der Waals surface area contributed by atoms with Crippen molar-refractivity contribution < 1.29 is 9.90 Å². The number of carboxylic acid groups (broad SMARTS) is 1. The van der Waals surface area contributed by atoms with E-state index in [1.54, 1.807) is 0 Å². The molecule has 3 N–H and O–H groups in total. The zero-order valence-corrected chi connectivity index (χ0v) is 11.4. The maximum atomic E-state index is 11.1. The van der Waals surface area contributed by atoms with Crippen LogP contribution in [0, 0.1) is 5.92 Å². The average molecular weight is 242 g/mol. The molecule has 2 atom stereocenters. The van der Waals surface area contributed by atoms with Gasteiger partial charge in [-0.25, -0.2) is 0 Å². The molecular weight excluding hydrogens is 216 g/mol. The second kappa shape index (κ2) is 5.36. The van der Waals surface area contributed by atoms with E-state index in [1.807, 2.05) is 0 Å². The van der Waals surface area contributed by atoms with Crippen LogP contribution in [0.1, 0.15) is 47.0 Å². The Morgan fingerprint density at radius 3 is 2.41 bits per heavy atom. The molecule has 0 spiro atoms. The second-order valence-corrected chi connectivity index (χ2v) is 6.04. The molecule has 0 aromatic carbocycles. The van der Waals surface area contributed by atoms with Gasteiger partial charge in [-0.1, -0.05) is 13.8 Å². The molecule has 0 saturated heterocycles. The van der Waals surface area contributed by atoms with E-state index in [0.717, 1.165) is 13.0 Å². The summed E-state index contributed by atoms with van der Waals surface area (Å²) in [6.45, 7) is 9.73. The van der Waals surface area contributed by atoms with Crippen molar-refractivity contribution in [3.8, 4) is 0 Å². The number of rotatable bonds is 5. The van der Waals surface area contributed by atoms with Crippen molar-refractivity contribution in [3.63, 3.8) is 0 Å². The van der Waals surface area contributed by atoms with Crippen LogP contribution >= 0.6 is 0 Å². The fraction of sp³-hybridized carbons (Fsp3) is 0.923. The Morgan fingerprint density at radius 1 is 1.47 bits per heavy atom.